The van der Waals surface area contributed by atoms with E-state index in [1.165, 1.54) is 5.56 Å². The summed E-state index contributed by atoms with van der Waals surface area (Å²) in [6.45, 7) is 7.03. The fourth-order valence-corrected chi connectivity index (χ4v) is 2.89. The summed E-state index contributed by atoms with van der Waals surface area (Å²) in [6.07, 6.45) is 0. The molecular weight excluding hydrogens is 344 g/mol. The number of aromatic nitrogens is 2. The largest absolute Gasteiger partial charge is 0.339 e. The van der Waals surface area contributed by atoms with Crippen LogP contribution in [0, 0.1) is 6.92 Å². The Balaban J connectivity index is 1.90. The molecule has 3 rings (SSSR count). The molecule has 0 radical (unpaired) electrons. The van der Waals surface area contributed by atoms with Crippen molar-refractivity contribution in [1.29, 1.82) is 0 Å². The van der Waals surface area contributed by atoms with Crippen LogP contribution in [0.25, 0.3) is 0 Å². The van der Waals surface area contributed by atoms with Crippen molar-refractivity contribution in [3.8, 4) is 0 Å². The van der Waals surface area contributed by atoms with Crippen LogP contribution in [0.3, 0.4) is 0 Å². The van der Waals surface area contributed by atoms with E-state index in [-0.39, 0.29) is 6.04 Å². The summed E-state index contributed by atoms with van der Waals surface area (Å²) in [5.74, 6) is 1.44. The molecule has 0 aliphatic carbocycles. The van der Waals surface area contributed by atoms with E-state index in [1.807, 2.05) is 43.3 Å². The first-order valence-electron chi connectivity index (χ1n) is 8.71. The monoisotopic (exact) mass is 366 g/mol. The Kier molecular flexibility index (Phi) is 5.74. The number of hydrogen-bond donors (Lipinski definition) is 1. The minimum Gasteiger partial charge on any atom is -0.339 e. The topological polar surface area (TPSA) is 41.1 Å². The van der Waals surface area contributed by atoms with Crippen molar-refractivity contribution in [2.45, 2.75) is 33.4 Å². The fourth-order valence-electron chi connectivity index (χ4n) is 2.71. The third-order valence-corrected chi connectivity index (χ3v) is 4.38. The maximum atomic E-state index is 6.26. The van der Waals surface area contributed by atoms with Gasteiger partial charge in [-0.1, -0.05) is 54.1 Å². The second kappa shape index (κ2) is 8.19. The van der Waals surface area contributed by atoms with Gasteiger partial charge in [0.1, 0.15) is 5.82 Å². The van der Waals surface area contributed by atoms with Crippen molar-refractivity contribution in [3.63, 3.8) is 0 Å². The number of aryl methyl sites for hydroxylation is 1. The Hall–Kier alpha value is -2.59. The predicted molar refractivity (Wildman–Crippen MR) is 109 cm³/mol. The van der Waals surface area contributed by atoms with Gasteiger partial charge in [0.15, 0.2) is 0 Å². The van der Waals surface area contributed by atoms with Crippen molar-refractivity contribution in [2.75, 3.05) is 10.2 Å². The molecule has 0 aliphatic heterocycles. The average Bonchev–Trinajstić information content (AvgIpc) is 2.62. The Bertz CT molecular complexity index is 865. The lowest BCUT2D eigenvalue weighted by atomic mass is 10.2. The highest BCUT2D eigenvalue weighted by Crippen LogP contribution is 2.26. The number of benzene rings is 2. The number of hydrogen-bond acceptors (Lipinski definition) is 4. The molecule has 1 heterocycles. The highest BCUT2D eigenvalue weighted by atomic mass is 35.5. The van der Waals surface area contributed by atoms with Crippen molar-refractivity contribution in [3.05, 3.63) is 76.9 Å². The first-order valence-corrected chi connectivity index (χ1v) is 9.08. The maximum absolute atomic E-state index is 6.26. The second-order valence-corrected chi connectivity index (χ2v) is 6.91. The van der Waals surface area contributed by atoms with Gasteiger partial charge >= 0.3 is 0 Å². The van der Waals surface area contributed by atoms with Gasteiger partial charge in [-0.05, 0) is 38.5 Å². The number of halogens is 1. The Morgan fingerprint density at radius 1 is 1.00 bits per heavy atom. The lowest BCUT2D eigenvalue weighted by molar-refractivity contribution is 0.659. The van der Waals surface area contributed by atoms with Gasteiger partial charge < -0.3 is 10.2 Å². The summed E-state index contributed by atoms with van der Waals surface area (Å²) in [4.78, 5) is 11.6. The molecule has 1 N–H and O–H groups in total. The normalized spacial score (nSPS) is 10.8. The molecule has 5 heteroatoms. The molecule has 26 heavy (non-hydrogen) atoms. The second-order valence-electron chi connectivity index (χ2n) is 6.51. The van der Waals surface area contributed by atoms with E-state index in [9.17, 15) is 0 Å². The number of anilines is 3. The van der Waals surface area contributed by atoms with Gasteiger partial charge in [-0.15, -0.1) is 0 Å². The molecular formula is C21H23ClN4. The summed E-state index contributed by atoms with van der Waals surface area (Å²) in [5.41, 5.74) is 2.97. The van der Waals surface area contributed by atoms with Gasteiger partial charge in [0.05, 0.1) is 10.7 Å². The lowest BCUT2D eigenvalue weighted by Crippen LogP contribution is -2.32. The molecule has 0 bridgehead atoms. The van der Waals surface area contributed by atoms with Gasteiger partial charge in [-0.25, -0.2) is 4.98 Å². The highest BCUT2D eigenvalue weighted by Gasteiger charge is 2.16. The molecule has 134 valence electrons. The smallest absolute Gasteiger partial charge is 0.228 e. The first-order chi connectivity index (χ1) is 12.5. The Labute approximate surface area is 159 Å². The first kappa shape index (κ1) is 18.2. The zero-order valence-corrected chi connectivity index (χ0v) is 16.0. The average molecular weight is 367 g/mol. The summed E-state index contributed by atoms with van der Waals surface area (Å²) in [5, 5.41) is 3.96. The molecule has 4 nitrogen and oxygen atoms in total. The third kappa shape index (κ3) is 4.52. The summed E-state index contributed by atoms with van der Waals surface area (Å²) < 4.78 is 0. The molecule has 0 unspecified atom stereocenters. The van der Waals surface area contributed by atoms with E-state index < -0.39 is 0 Å². The van der Waals surface area contributed by atoms with Crippen LogP contribution in [0.2, 0.25) is 5.02 Å². The fraction of sp³-hybridized carbons (Fsp3) is 0.238. The van der Waals surface area contributed by atoms with Crippen LogP contribution < -0.4 is 10.2 Å². The molecule has 0 spiro atoms. The SMILES string of the molecule is Cc1cc(Nc2ccccc2Cl)nc(N(Cc2ccccc2)C(C)C)n1. The lowest BCUT2D eigenvalue weighted by Gasteiger charge is -2.27. The molecule has 0 saturated heterocycles. The molecule has 0 aliphatic rings. The zero-order valence-electron chi connectivity index (χ0n) is 15.3. The quantitative estimate of drug-likeness (QED) is 0.616. The summed E-state index contributed by atoms with van der Waals surface area (Å²) >= 11 is 6.26. The van der Waals surface area contributed by atoms with Gasteiger partial charge in [-0.3, -0.25) is 0 Å². The number of para-hydroxylation sites is 1. The van der Waals surface area contributed by atoms with E-state index in [4.69, 9.17) is 16.6 Å². The minimum atomic E-state index is 0.269. The van der Waals surface area contributed by atoms with Gasteiger partial charge in [0, 0.05) is 24.3 Å². The van der Waals surface area contributed by atoms with Crippen molar-refractivity contribution < 1.29 is 0 Å². The molecule has 3 aromatic rings. The molecule has 1 aromatic heterocycles. The summed E-state index contributed by atoms with van der Waals surface area (Å²) in [6, 6.07) is 20.2. The van der Waals surface area contributed by atoms with E-state index in [0.29, 0.717) is 11.0 Å². The number of rotatable bonds is 6. The maximum Gasteiger partial charge on any atom is 0.228 e. The van der Waals surface area contributed by atoms with E-state index in [2.05, 4.69) is 53.3 Å². The van der Waals surface area contributed by atoms with Crippen LogP contribution in [0.15, 0.2) is 60.7 Å². The molecule has 2 aromatic carbocycles. The molecule has 0 atom stereocenters. The van der Waals surface area contributed by atoms with E-state index in [1.54, 1.807) is 0 Å². The standard InChI is InChI=1S/C21H23ClN4/c1-15(2)26(14-17-9-5-4-6-10-17)21-23-16(3)13-20(25-21)24-19-12-8-7-11-18(19)22/h4-13,15H,14H2,1-3H3,(H,23,24,25). The van der Waals surface area contributed by atoms with E-state index in [0.717, 1.165) is 23.7 Å². The van der Waals surface area contributed by atoms with Crippen LogP contribution in [0.4, 0.5) is 17.5 Å². The van der Waals surface area contributed by atoms with E-state index >= 15 is 0 Å². The van der Waals surface area contributed by atoms with Crippen molar-refractivity contribution in [1.82, 2.24) is 9.97 Å². The Morgan fingerprint density at radius 3 is 2.38 bits per heavy atom. The number of nitrogens with one attached hydrogen (secondary N) is 1. The van der Waals surface area contributed by atoms with Crippen molar-refractivity contribution >= 4 is 29.1 Å². The highest BCUT2D eigenvalue weighted by molar-refractivity contribution is 6.33. The Morgan fingerprint density at radius 2 is 1.69 bits per heavy atom. The van der Waals surface area contributed by atoms with Gasteiger partial charge in [0.2, 0.25) is 5.95 Å². The molecule has 0 fully saturated rings. The predicted octanol–water partition coefficient (Wildman–Crippen LogP) is 5.60. The molecule has 0 amide bonds. The van der Waals surface area contributed by atoms with Crippen LogP contribution in [-0.4, -0.2) is 16.0 Å². The molecule has 0 saturated carbocycles. The van der Waals surface area contributed by atoms with Gasteiger partial charge in [0.25, 0.3) is 0 Å². The van der Waals surface area contributed by atoms with Crippen LogP contribution in [-0.2, 0) is 6.54 Å². The van der Waals surface area contributed by atoms with Crippen LogP contribution >= 0.6 is 11.6 Å². The third-order valence-electron chi connectivity index (χ3n) is 4.05. The van der Waals surface area contributed by atoms with Crippen LogP contribution in [0.1, 0.15) is 25.1 Å². The minimum absolute atomic E-state index is 0.269. The van der Waals surface area contributed by atoms with Crippen molar-refractivity contribution in [2.24, 2.45) is 0 Å². The van der Waals surface area contributed by atoms with Crippen LogP contribution in [0.5, 0.6) is 0 Å². The summed E-state index contributed by atoms with van der Waals surface area (Å²) in [7, 11) is 0. The zero-order chi connectivity index (χ0) is 18.5. The van der Waals surface area contributed by atoms with Gasteiger partial charge in [-0.2, -0.15) is 4.98 Å². The number of nitrogens with zero attached hydrogens (tertiary/aromatic N) is 3.